The molecular weight excluding hydrogens is 356 g/mol. The molecule has 1 aliphatic rings. The van der Waals surface area contributed by atoms with Gasteiger partial charge in [0.15, 0.2) is 5.65 Å². The monoisotopic (exact) mass is 382 g/mol. The van der Waals surface area contributed by atoms with Crippen LogP contribution < -0.4 is 4.90 Å². The summed E-state index contributed by atoms with van der Waals surface area (Å²) < 4.78 is 2.03. The van der Waals surface area contributed by atoms with Gasteiger partial charge in [-0.2, -0.15) is 9.61 Å². The molecule has 0 bridgehead atoms. The molecule has 3 heterocycles. The molecule has 0 aliphatic carbocycles. The summed E-state index contributed by atoms with van der Waals surface area (Å²) in [4.78, 5) is 7.46. The summed E-state index contributed by atoms with van der Waals surface area (Å²) in [5, 5.41) is 4.97. The van der Waals surface area contributed by atoms with Gasteiger partial charge in [-0.25, -0.2) is 4.98 Å². The number of piperidine rings is 1. The minimum atomic E-state index is 0.505. The first-order valence-electron chi connectivity index (χ1n) is 10.5. The van der Waals surface area contributed by atoms with Crippen LogP contribution in [0.2, 0.25) is 0 Å². The predicted octanol–water partition coefficient (Wildman–Crippen LogP) is 5.75. The zero-order chi connectivity index (χ0) is 19.8. The lowest BCUT2D eigenvalue weighted by Crippen LogP contribution is -2.38. The lowest BCUT2D eigenvalue weighted by atomic mass is 10.0. The number of anilines is 1. The van der Waals surface area contributed by atoms with Crippen molar-refractivity contribution < 1.29 is 0 Å². The highest BCUT2D eigenvalue weighted by Crippen LogP contribution is 2.31. The molecule has 0 spiro atoms. The highest BCUT2D eigenvalue weighted by molar-refractivity contribution is 5.71. The Labute approximate surface area is 171 Å². The molecule has 4 nitrogen and oxygen atoms in total. The Kier molecular flexibility index (Phi) is 4.55. The third-order valence-electron chi connectivity index (χ3n) is 5.92. The summed E-state index contributed by atoms with van der Waals surface area (Å²) in [6.45, 7) is 5.49. The maximum atomic E-state index is 4.97. The standard InChI is InChI=1S/C25H26N4/c1-18-11-13-21(14-12-18)23-16-24-26-22(20-9-4-3-5-10-20)17-25(29(24)27-23)28-15-7-6-8-19(28)2/h3-5,9-14,16-17,19H,6-8,15H2,1-2H3/t19-/m0/s1. The Balaban J connectivity index is 1.69. The van der Waals surface area contributed by atoms with Crippen molar-refractivity contribution in [1.82, 2.24) is 14.6 Å². The van der Waals surface area contributed by atoms with Crippen molar-refractivity contribution in [2.24, 2.45) is 0 Å². The molecule has 1 aliphatic heterocycles. The second-order valence-corrected chi connectivity index (χ2v) is 8.07. The minimum absolute atomic E-state index is 0.505. The van der Waals surface area contributed by atoms with Gasteiger partial charge < -0.3 is 4.90 Å². The fourth-order valence-electron chi connectivity index (χ4n) is 4.22. The van der Waals surface area contributed by atoms with Crippen LogP contribution in [-0.4, -0.2) is 27.2 Å². The fraction of sp³-hybridized carbons (Fsp3) is 0.280. The topological polar surface area (TPSA) is 33.4 Å². The molecule has 0 radical (unpaired) electrons. The Bertz CT molecular complexity index is 1130. The van der Waals surface area contributed by atoms with E-state index in [-0.39, 0.29) is 0 Å². The Morgan fingerprint density at radius 2 is 1.62 bits per heavy atom. The third kappa shape index (κ3) is 3.39. The molecule has 146 valence electrons. The third-order valence-corrected chi connectivity index (χ3v) is 5.92. The predicted molar refractivity (Wildman–Crippen MR) is 119 cm³/mol. The first kappa shape index (κ1) is 17.9. The molecule has 0 saturated carbocycles. The second kappa shape index (κ2) is 7.36. The van der Waals surface area contributed by atoms with Crippen LogP contribution >= 0.6 is 0 Å². The van der Waals surface area contributed by atoms with Gasteiger partial charge in [-0.3, -0.25) is 0 Å². The molecule has 2 aromatic heterocycles. The molecule has 29 heavy (non-hydrogen) atoms. The first-order valence-corrected chi connectivity index (χ1v) is 10.5. The maximum Gasteiger partial charge on any atom is 0.158 e. The molecule has 0 amide bonds. The van der Waals surface area contributed by atoms with Gasteiger partial charge in [-0.15, -0.1) is 0 Å². The average Bonchev–Trinajstić information content (AvgIpc) is 3.19. The number of benzene rings is 2. The van der Waals surface area contributed by atoms with Gasteiger partial charge in [0.2, 0.25) is 0 Å². The van der Waals surface area contributed by atoms with Crippen LogP contribution in [0.3, 0.4) is 0 Å². The van der Waals surface area contributed by atoms with Crippen LogP contribution in [0.25, 0.3) is 28.2 Å². The molecule has 0 N–H and O–H groups in total. The maximum absolute atomic E-state index is 4.97. The van der Waals surface area contributed by atoms with E-state index in [1.165, 1.54) is 24.8 Å². The lowest BCUT2D eigenvalue weighted by molar-refractivity contribution is 0.478. The highest BCUT2D eigenvalue weighted by Gasteiger charge is 2.23. The minimum Gasteiger partial charge on any atom is -0.354 e. The summed E-state index contributed by atoms with van der Waals surface area (Å²) in [6, 6.07) is 23.8. The summed E-state index contributed by atoms with van der Waals surface area (Å²) in [7, 11) is 0. The normalized spacial score (nSPS) is 17.0. The van der Waals surface area contributed by atoms with Gasteiger partial charge in [-0.05, 0) is 33.1 Å². The largest absolute Gasteiger partial charge is 0.354 e. The zero-order valence-corrected chi connectivity index (χ0v) is 17.0. The second-order valence-electron chi connectivity index (χ2n) is 8.07. The molecular formula is C25H26N4. The van der Waals surface area contributed by atoms with E-state index in [4.69, 9.17) is 10.1 Å². The summed E-state index contributed by atoms with van der Waals surface area (Å²) >= 11 is 0. The number of rotatable bonds is 3. The Morgan fingerprint density at radius 3 is 2.38 bits per heavy atom. The van der Waals surface area contributed by atoms with E-state index in [0.717, 1.165) is 40.5 Å². The molecule has 1 saturated heterocycles. The van der Waals surface area contributed by atoms with Crippen LogP contribution in [0.4, 0.5) is 5.82 Å². The number of fused-ring (bicyclic) bond motifs is 1. The van der Waals surface area contributed by atoms with Crippen molar-refractivity contribution in [2.45, 2.75) is 39.2 Å². The van der Waals surface area contributed by atoms with Crippen molar-refractivity contribution >= 4 is 11.5 Å². The zero-order valence-electron chi connectivity index (χ0n) is 17.0. The Morgan fingerprint density at radius 1 is 0.862 bits per heavy atom. The molecule has 5 rings (SSSR count). The van der Waals surface area contributed by atoms with E-state index in [0.29, 0.717) is 6.04 Å². The lowest BCUT2D eigenvalue weighted by Gasteiger charge is -2.35. The first-order chi connectivity index (χ1) is 14.2. The van der Waals surface area contributed by atoms with E-state index in [9.17, 15) is 0 Å². The smallest absolute Gasteiger partial charge is 0.158 e. The summed E-state index contributed by atoms with van der Waals surface area (Å²) in [6.07, 6.45) is 3.74. The van der Waals surface area contributed by atoms with Crippen molar-refractivity contribution in [2.75, 3.05) is 11.4 Å². The van der Waals surface area contributed by atoms with Crippen LogP contribution in [-0.2, 0) is 0 Å². The quantitative estimate of drug-likeness (QED) is 0.452. The van der Waals surface area contributed by atoms with Crippen molar-refractivity contribution in [3.63, 3.8) is 0 Å². The summed E-state index contributed by atoms with van der Waals surface area (Å²) in [5.74, 6) is 1.14. The van der Waals surface area contributed by atoms with Gasteiger partial charge in [0.1, 0.15) is 5.82 Å². The fourth-order valence-corrected chi connectivity index (χ4v) is 4.22. The van der Waals surface area contributed by atoms with Gasteiger partial charge in [0.25, 0.3) is 0 Å². The Hall–Kier alpha value is -3.14. The molecule has 2 aromatic carbocycles. The number of aromatic nitrogens is 3. The SMILES string of the molecule is Cc1ccc(-c2cc3nc(-c4ccccc4)cc(N4CCCC[C@@H]4C)n3n2)cc1. The molecule has 4 aromatic rings. The van der Waals surface area contributed by atoms with Crippen molar-refractivity contribution in [1.29, 1.82) is 0 Å². The number of nitrogens with zero attached hydrogens (tertiary/aromatic N) is 4. The van der Waals surface area contributed by atoms with Gasteiger partial charge >= 0.3 is 0 Å². The number of hydrogen-bond acceptors (Lipinski definition) is 3. The van der Waals surface area contributed by atoms with E-state index in [1.807, 2.05) is 10.6 Å². The molecule has 1 fully saturated rings. The van der Waals surface area contributed by atoms with Crippen LogP contribution in [0.5, 0.6) is 0 Å². The van der Waals surface area contributed by atoms with Crippen LogP contribution in [0.1, 0.15) is 31.7 Å². The van der Waals surface area contributed by atoms with Gasteiger partial charge in [-0.1, -0.05) is 60.2 Å². The van der Waals surface area contributed by atoms with E-state index < -0.39 is 0 Å². The van der Waals surface area contributed by atoms with Crippen LogP contribution in [0.15, 0.2) is 66.7 Å². The van der Waals surface area contributed by atoms with Gasteiger partial charge in [0, 0.05) is 35.8 Å². The highest BCUT2D eigenvalue weighted by atomic mass is 15.4. The average molecular weight is 383 g/mol. The van der Waals surface area contributed by atoms with Gasteiger partial charge in [0.05, 0.1) is 11.4 Å². The summed E-state index contributed by atoms with van der Waals surface area (Å²) in [5.41, 5.74) is 6.38. The van der Waals surface area contributed by atoms with Crippen molar-refractivity contribution in [3.8, 4) is 22.5 Å². The van der Waals surface area contributed by atoms with E-state index in [1.54, 1.807) is 0 Å². The molecule has 4 heteroatoms. The van der Waals surface area contributed by atoms with E-state index in [2.05, 4.69) is 79.4 Å². The molecule has 1 atom stereocenters. The number of hydrogen-bond donors (Lipinski definition) is 0. The molecule has 0 unspecified atom stereocenters. The number of aryl methyl sites for hydroxylation is 1. The van der Waals surface area contributed by atoms with Crippen molar-refractivity contribution in [3.05, 3.63) is 72.3 Å². The van der Waals surface area contributed by atoms with E-state index >= 15 is 0 Å². The van der Waals surface area contributed by atoms with Crippen LogP contribution in [0, 0.1) is 6.92 Å².